The summed E-state index contributed by atoms with van der Waals surface area (Å²) in [7, 11) is 0. The van der Waals surface area contributed by atoms with Gasteiger partial charge in [0.25, 0.3) is 0 Å². The van der Waals surface area contributed by atoms with Gasteiger partial charge in [-0.3, -0.25) is 0 Å². The number of urea groups is 1. The third kappa shape index (κ3) is 2.99. The van der Waals surface area contributed by atoms with Gasteiger partial charge >= 0.3 is 6.03 Å². The molecule has 0 saturated heterocycles. The van der Waals surface area contributed by atoms with E-state index in [0.29, 0.717) is 0 Å². The van der Waals surface area contributed by atoms with Gasteiger partial charge in [0.05, 0.1) is 0 Å². The van der Waals surface area contributed by atoms with E-state index in [2.05, 4.69) is 5.32 Å². The van der Waals surface area contributed by atoms with Crippen molar-refractivity contribution in [2.75, 3.05) is 0 Å². The molecule has 1 aromatic carbocycles. The Hall–Kier alpha value is -1.77. The summed E-state index contributed by atoms with van der Waals surface area (Å²) in [6, 6.07) is 9.21. The van der Waals surface area contributed by atoms with E-state index in [1.54, 1.807) is 6.20 Å². The molecule has 13 heavy (non-hydrogen) atoms. The van der Waals surface area contributed by atoms with E-state index in [1.165, 1.54) is 0 Å². The minimum atomic E-state index is -0.546. The average molecular weight is 176 g/mol. The van der Waals surface area contributed by atoms with E-state index < -0.39 is 6.03 Å². The standard InChI is InChI=1S/C10H12N2O/c1-8(7-12-10(11)13)9-5-3-2-4-6-9/h2-7H,1H3,(H3,11,12,13). The highest BCUT2D eigenvalue weighted by Crippen LogP contribution is 2.10. The molecule has 3 heteroatoms. The number of primary amides is 1. The number of hydrogen-bond donors (Lipinski definition) is 2. The highest BCUT2D eigenvalue weighted by atomic mass is 16.2. The second kappa shape index (κ2) is 4.30. The molecule has 0 heterocycles. The maximum atomic E-state index is 10.4. The Morgan fingerprint density at radius 1 is 1.38 bits per heavy atom. The number of allylic oxidation sites excluding steroid dienone is 1. The smallest absolute Gasteiger partial charge is 0.316 e. The van der Waals surface area contributed by atoms with Crippen LogP contribution in [0.4, 0.5) is 4.79 Å². The topological polar surface area (TPSA) is 55.1 Å². The molecular weight excluding hydrogens is 164 g/mol. The molecule has 2 amide bonds. The molecule has 0 aromatic heterocycles. The van der Waals surface area contributed by atoms with Crippen molar-refractivity contribution in [1.29, 1.82) is 0 Å². The second-order valence-corrected chi connectivity index (χ2v) is 2.70. The zero-order valence-electron chi connectivity index (χ0n) is 7.45. The van der Waals surface area contributed by atoms with Crippen molar-refractivity contribution in [1.82, 2.24) is 5.32 Å². The molecule has 3 N–H and O–H groups in total. The minimum absolute atomic E-state index is 0.546. The number of nitrogens with one attached hydrogen (secondary N) is 1. The lowest BCUT2D eigenvalue weighted by atomic mass is 10.1. The molecule has 1 aromatic rings. The molecule has 1 rings (SSSR count). The predicted octanol–water partition coefficient (Wildman–Crippen LogP) is 1.72. The molecule has 0 unspecified atom stereocenters. The first-order valence-electron chi connectivity index (χ1n) is 3.98. The van der Waals surface area contributed by atoms with Gasteiger partial charge in [-0.1, -0.05) is 30.3 Å². The number of nitrogens with two attached hydrogens (primary N) is 1. The van der Waals surface area contributed by atoms with Crippen LogP contribution in [0.2, 0.25) is 0 Å². The fraction of sp³-hybridized carbons (Fsp3) is 0.100. The number of carbonyl (C=O) groups excluding carboxylic acids is 1. The zero-order chi connectivity index (χ0) is 9.68. The number of carbonyl (C=O) groups is 1. The van der Waals surface area contributed by atoms with Crippen molar-refractivity contribution in [3.8, 4) is 0 Å². The third-order valence-electron chi connectivity index (χ3n) is 1.66. The molecule has 0 saturated carbocycles. The van der Waals surface area contributed by atoms with E-state index in [1.807, 2.05) is 37.3 Å². The molecular formula is C10H12N2O. The van der Waals surface area contributed by atoms with Crippen molar-refractivity contribution in [3.05, 3.63) is 42.1 Å². The van der Waals surface area contributed by atoms with Gasteiger partial charge in [0.2, 0.25) is 0 Å². The van der Waals surface area contributed by atoms with Crippen LogP contribution < -0.4 is 11.1 Å². The van der Waals surface area contributed by atoms with Gasteiger partial charge in [0.1, 0.15) is 0 Å². The van der Waals surface area contributed by atoms with E-state index in [4.69, 9.17) is 5.73 Å². The molecule has 0 spiro atoms. The molecule has 0 aliphatic rings. The lowest BCUT2D eigenvalue weighted by molar-refractivity contribution is 0.252. The van der Waals surface area contributed by atoms with Crippen LogP contribution >= 0.6 is 0 Å². The summed E-state index contributed by atoms with van der Waals surface area (Å²) < 4.78 is 0. The SMILES string of the molecule is CC(=CNC(N)=O)c1ccccc1. The van der Waals surface area contributed by atoms with E-state index in [9.17, 15) is 4.79 Å². The zero-order valence-corrected chi connectivity index (χ0v) is 7.45. The van der Waals surface area contributed by atoms with Crippen molar-refractivity contribution in [2.24, 2.45) is 5.73 Å². The van der Waals surface area contributed by atoms with Crippen LogP contribution in [-0.2, 0) is 0 Å². The normalized spacial score (nSPS) is 11.0. The van der Waals surface area contributed by atoms with Gasteiger partial charge in [-0.15, -0.1) is 0 Å². The van der Waals surface area contributed by atoms with Gasteiger partial charge in [-0.05, 0) is 18.1 Å². The number of benzene rings is 1. The summed E-state index contributed by atoms with van der Waals surface area (Å²) in [5.74, 6) is 0. The first kappa shape index (κ1) is 9.32. The Bertz CT molecular complexity index is 317. The molecule has 0 atom stereocenters. The summed E-state index contributed by atoms with van der Waals surface area (Å²) in [5.41, 5.74) is 6.96. The van der Waals surface area contributed by atoms with Crippen LogP contribution in [0.25, 0.3) is 5.57 Å². The lowest BCUT2D eigenvalue weighted by Crippen LogP contribution is -2.24. The lowest BCUT2D eigenvalue weighted by Gasteiger charge is -2.00. The Balaban J connectivity index is 2.73. The Labute approximate surface area is 77.3 Å². The fourth-order valence-electron chi connectivity index (χ4n) is 0.964. The quantitative estimate of drug-likeness (QED) is 0.708. The number of hydrogen-bond acceptors (Lipinski definition) is 1. The molecule has 0 fully saturated rings. The van der Waals surface area contributed by atoms with Gasteiger partial charge in [-0.25, -0.2) is 4.79 Å². The van der Waals surface area contributed by atoms with Gasteiger partial charge in [0, 0.05) is 6.20 Å². The Morgan fingerprint density at radius 2 is 2.00 bits per heavy atom. The van der Waals surface area contributed by atoms with Crippen LogP contribution in [0.5, 0.6) is 0 Å². The van der Waals surface area contributed by atoms with E-state index >= 15 is 0 Å². The first-order valence-corrected chi connectivity index (χ1v) is 3.98. The van der Waals surface area contributed by atoms with Crippen molar-refractivity contribution in [2.45, 2.75) is 6.92 Å². The number of amides is 2. The molecule has 0 bridgehead atoms. The molecule has 0 aliphatic carbocycles. The summed E-state index contributed by atoms with van der Waals surface area (Å²) in [4.78, 5) is 10.4. The minimum Gasteiger partial charge on any atom is -0.351 e. The Morgan fingerprint density at radius 3 is 2.54 bits per heavy atom. The largest absolute Gasteiger partial charge is 0.351 e. The second-order valence-electron chi connectivity index (χ2n) is 2.70. The third-order valence-corrected chi connectivity index (χ3v) is 1.66. The monoisotopic (exact) mass is 176 g/mol. The highest BCUT2D eigenvalue weighted by molar-refractivity contribution is 5.75. The van der Waals surface area contributed by atoms with E-state index in [0.717, 1.165) is 11.1 Å². The maximum absolute atomic E-state index is 10.4. The predicted molar refractivity (Wildman–Crippen MR) is 52.8 cm³/mol. The molecule has 0 radical (unpaired) electrons. The van der Waals surface area contributed by atoms with Crippen LogP contribution in [0.1, 0.15) is 12.5 Å². The molecule has 68 valence electrons. The Kier molecular flexibility index (Phi) is 3.09. The van der Waals surface area contributed by atoms with Gasteiger partial charge in [0.15, 0.2) is 0 Å². The van der Waals surface area contributed by atoms with Crippen LogP contribution in [0.3, 0.4) is 0 Å². The highest BCUT2D eigenvalue weighted by Gasteiger charge is 1.93. The van der Waals surface area contributed by atoms with Gasteiger partial charge < -0.3 is 11.1 Å². The maximum Gasteiger partial charge on any atom is 0.316 e. The molecule has 0 aliphatic heterocycles. The average Bonchev–Trinajstić information content (AvgIpc) is 2.15. The van der Waals surface area contributed by atoms with Gasteiger partial charge in [-0.2, -0.15) is 0 Å². The van der Waals surface area contributed by atoms with Crippen molar-refractivity contribution < 1.29 is 4.79 Å². The van der Waals surface area contributed by atoms with Crippen LogP contribution in [0, 0.1) is 0 Å². The van der Waals surface area contributed by atoms with E-state index in [-0.39, 0.29) is 0 Å². The fourth-order valence-corrected chi connectivity index (χ4v) is 0.964. The summed E-state index contributed by atoms with van der Waals surface area (Å²) in [6.07, 6.45) is 1.59. The van der Waals surface area contributed by atoms with Crippen LogP contribution in [0.15, 0.2) is 36.5 Å². The van der Waals surface area contributed by atoms with Crippen molar-refractivity contribution in [3.63, 3.8) is 0 Å². The summed E-state index contributed by atoms with van der Waals surface area (Å²) in [5, 5.41) is 2.42. The van der Waals surface area contributed by atoms with Crippen LogP contribution in [-0.4, -0.2) is 6.03 Å². The molecule has 3 nitrogen and oxygen atoms in total. The summed E-state index contributed by atoms with van der Waals surface area (Å²) >= 11 is 0. The summed E-state index contributed by atoms with van der Waals surface area (Å²) in [6.45, 7) is 1.91. The number of rotatable bonds is 2. The van der Waals surface area contributed by atoms with Crippen molar-refractivity contribution >= 4 is 11.6 Å². The first-order chi connectivity index (χ1) is 6.20.